The Morgan fingerprint density at radius 2 is 1.69 bits per heavy atom. The molecular formula is C14H28O2. The van der Waals surface area contributed by atoms with Crippen molar-refractivity contribution in [1.82, 2.24) is 0 Å². The van der Waals surface area contributed by atoms with E-state index in [-0.39, 0.29) is 6.29 Å². The summed E-state index contributed by atoms with van der Waals surface area (Å²) in [6.07, 6.45) is 13.3. The summed E-state index contributed by atoms with van der Waals surface area (Å²) in [5.74, 6) is 0. The van der Waals surface area contributed by atoms with E-state index in [9.17, 15) is 0 Å². The van der Waals surface area contributed by atoms with Crippen LogP contribution in [0, 0.1) is 0 Å². The molecule has 0 amide bonds. The molecule has 16 heavy (non-hydrogen) atoms. The molecule has 0 aromatic carbocycles. The first-order chi connectivity index (χ1) is 7.93. The van der Waals surface area contributed by atoms with E-state index in [1.165, 1.54) is 57.8 Å². The summed E-state index contributed by atoms with van der Waals surface area (Å²) in [7, 11) is 0. The minimum Gasteiger partial charge on any atom is -0.353 e. The van der Waals surface area contributed by atoms with Gasteiger partial charge in [0.15, 0.2) is 6.29 Å². The predicted molar refractivity (Wildman–Crippen MR) is 67.5 cm³/mol. The highest BCUT2D eigenvalue weighted by atomic mass is 16.7. The summed E-state index contributed by atoms with van der Waals surface area (Å²) >= 11 is 0. The monoisotopic (exact) mass is 228 g/mol. The van der Waals surface area contributed by atoms with Crippen LogP contribution in [0.2, 0.25) is 0 Å². The Balaban J connectivity index is 1.71. The maximum absolute atomic E-state index is 5.63. The maximum Gasteiger partial charge on any atom is 0.157 e. The van der Waals surface area contributed by atoms with Crippen LogP contribution in [-0.4, -0.2) is 19.5 Å². The fourth-order valence-corrected chi connectivity index (χ4v) is 2.13. The minimum atomic E-state index is 0.115. The normalized spacial score (nSPS) is 20.4. The van der Waals surface area contributed by atoms with Gasteiger partial charge in [0.1, 0.15) is 0 Å². The van der Waals surface area contributed by atoms with Gasteiger partial charge in [-0.15, -0.1) is 0 Å². The summed E-state index contributed by atoms with van der Waals surface area (Å²) in [6, 6.07) is 0. The third-order valence-electron chi connectivity index (χ3n) is 3.19. The molecule has 1 rings (SSSR count). The van der Waals surface area contributed by atoms with Crippen molar-refractivity contribution in [1.29, 1.82) is 0 Å². The van der Waals surface area contributed by atoms with Gasteiger partial charge in [-0.05, 0) is 12.8 Å². The molecule has 1 aliphatic rings. The molecule has 1 aliphatic heterocycles. The second kappa shape index (κ2) is 10.1. The van der Waals surface area contributed by atoms with E-state index in [0.717, 1.165) is 19.6 Å². The molecule has 0 radical (unpaired) electrons. The summed E-state index contributed by atoms with van der Waals surface area (Å²) in [5, 5.41) is 0. The molecular weight excluding hydrogens is 200 g/mol. The first kappa shape index (κ1) is 14.0. The molecule has 1 fully saturated rings. The quantitative estimate of drug-likeness (QED) is 0.520. The fraction of sp³-hybridized carbons (Fsp3) is 1.00. The molecule has 2 heteroatoms. The Hall–Kier alpha value is -0.0800. The van der Waals surface area contributed by atoms with E-state index >= 15 is 0 Å². The second-order valence-electron chi connectivity index (χ2n) is 4.79. The van der Waals surface area contributed by atoms with Crippen LogP contribution in [0.4, 0.5) is 0 Å². The van der Waals surface area contributed by atoms with Crippen molar-refractivity contribution in [2.24, 2.45) is 0 Å². The van der Waals surface area contributed by atoms with Gasteiger partial charge in [0.25, 0.3) is 0 Å². The number of hydrogen-bond acceptors (Lipinski definition) is 2. The van der Waals surface area contributed by atoms with Crippen molar-refractivity contribution < 1.29 is 9.47 Å². The van der Waals surface area contributed by atoms with Gasteiger partial charge in [0.05, 0.1) is 0 Å². The van der Waals surface area contributed by atoms with Crippen LogP contribution in [0.1, 0.15) is 71.1 Å². The summed E-state index contributed by atoms with van der Waals surface area (Å²) in [6.45, 7) is 4.05. The average Bonchev–Trinajstić information content (AvgIpc) is 2.80. The molecule has 1 heterocycles. The lowest BCUT2D eigenvalue weighted by atomic mass is 10.1. The Morgan fingerprint density at radius 3 is 2.31 bits per heavy atom. The highest BCUT2D eigenvalue weighted by molar-refractivity contribution is 4.54. The third kappa shape index (κ3) is 7.24. The van der Waals surface area contributed by atoms with Crippen molar-refractivity contribution in [3.8, 4) is 0 Å². The van der Waals surface area contributed by atoms with Crippen LogP contribution >= 0.6 is 0 Å². The molecule has 0 saturated carbocycles. The van der Waals surface area contributed by atoms with Crippen molar-refractivity contribution in [2.75, 3.05) is 13.2 Å². The molecule has 1 saturated heterocycles. The molecule has 1 atom stereocenters. The van der Waals surface area contributed by atoms with E-state index in [1.807, 2.05) is 0 Å². The topological polar surface area (TPSA) is 18.5 Å². The summed E-state index contributed by atoms with van der Waals surface area (Å²) < 4.78 is 11.0. The molecule has 0 bridgehead atoms. The minimum absolute atomic E-state index is 0.115. The van der Waals surface area contributed by atoms with Gasteiger partial charge in [-0.25, -0.2) is 0 Å². The van der Waals surface area contributed by atoms with Crippen LogP contribution in [0.25, 0.3) is 0 Å². The molecule has 0 aromatic rings. The van der Waals surface area contributed by atoms with Gasteiger partial charge >= 0.3 is 0 Å². The first-order valence-electron chi connectivity index (χ1n) is 7.16. The largest absolute Gasteiger partial charge is 0.353 e. The number of ether oxygens (including phenoxy) is 2. The first-order valence-corrected chi connectivity index (χ1v) is 7.16. The van der Waals surface area contributed by atoms with Crippen LogP contribution in [0.5, 0.6) is 0 Å². The lowest BCUT2D eigenvalue weighted by molar-refractivity contribution is -0.111. The summed E-state index contributed by atoms with van der Waals surface area (Å²) in [4.78, 5) is 0. The van der Waals surface area contributed by atoms with Gasteiger partial charge in [-0.3, -0.25) is 0 Å². The van der Waals surface area contributed by atoms with Gasteiger partial charge in [-0.1, -0.05) is 51.9 Å². The standard InChI is InChI=1S/C14H28O2/c1-2-3-4-5-6-7-8-9-12-15-14-11-10-13-16-14/h14H,2-13H2,1H3. The molecule has 2 nitrogen and oxygen atoms in total. The predicted octanol–water partition coefficient (Wildman–Crippen LogP) is 4.28. The SMILES string of the molecule is CCCCCCCCCCOC1CCCO1. The Labute approximate surface area is 101 Å². The van der Waals surface area contributed by atoms with Crippen molar-refractivity contribution >= 4 is 0 Å². The van der Waals surface area contributed by atoms with Crippen LogP contribution in [0.3, 0.4) is 0 Å². The average molecular weight is 228 g/mol. The zero-order chi connectivity index (χ0) is 11.5. The molecule has 0 aliphatic carbocycles. The van der Waals surface area contributed by atoms with Gasteiger partial charge in [0.2, 0.25) is 0 Å². The Kier molecular flexibility index (Phi) is 8.83. The molecule has 0 spiro atoms. The number of unbranched alkanes of at least 4 members (excludes halogenated alkanes) is 7. The zero-order valence-corrected chi connectivity index (χ0v) is 10.9. The maximum atomic E-state index is 5.63. The van der Waals surface area contributed by atoms with E-state index < -0.39 is 0 Å². The van der Waals surface area contributed by atoms with Crippen LogP contribution < -0.4 is 0 Å². The summed E-state index contributed by atoms with van der Waals surface area (Å²) in [5.41, 5.74) is 0. The Morgan fingerprint density at radius 1 is 1.00 bits per heavy atom. The molecule has 0 aromatic heterocycles. The van der Waals surface area contributed by atoms with Crippen molar-refractivity contribution in [3.63, 3.8) is 0 Å². The lowest BCUT2D eigenvalue weighted by Crippen LogP contribution is -2.11. The van der Waals surface area contributed by atoms with Gasteiger partial charge in [-0.2, -0.15) is 0 Å². The number of hydrogen-bond donors (Lipinski definition) is 0. The highest BCUT2D eigenvalue weighted by Gasteiger charge is 2.14. The van der Waals surface area contributed by atoms with E-state index in [4.69, 9.17) is 9.47 Å². The van der Waals surface area contributed by atoms with E-state index in [0.29, 0.717) is 0 Å². The van der Waals surface area contributed by atoms with Crippen molar-refractivity contribution in [3.05, 3.63) is 0 Å². The van der Waals surface area contributed by atoms with Crippen LogP contribution in [0.15, 0.2) is 0 Å². The highest BCUT2D eigenvalue weighted by Crippen LogP contribution is 2.14. The van der Waals surface area contributed by atoms with E-state index in [1.54, 1.807) is 0 Å². The third-order valence-corrected chi connectivity index (χ3v) is 3.19. The number of rotatable bonds is 10. The lowest BCUT2D eigenvalue weighted by Gasteiger charge is -2.10. The Bertz CT molecular complexity index is 142. The smallest absolute Gasteiger partial charge is 0.157 e. The molecule has 0 N–H and O–H groups in total. The van der Waals surface area contributed by atoms with Gasteiger partial charge < -0.3 is 9.47 Å². The van der Waals surface area contributed by atoms with Crippen LogP contribution in [-0.2, 0) is 9.47 Å². The zero-order valence-electron chi connectivity index (χ0n) is 10.9. The van der Waals surface area contributed by atoms with Crippen molar-refractivity contribution in [2.45, 2.75) is 77.4 Å². The molecule has 96 valence electrons. The molecule has 1 unspecified atom stereocenters. The fourth-order valence-electron chi connectivity index (χ4n) is 2.13. The van der Waals surface area contributed by atoms with E-state index in [2.05, 4.69) is 6.92 Å². The van der Waals surface area contributed by atoms with Gasteiger partial charge in [0, 0.05) is 19.6 Å². The second-order valence-corrected chi connectivity index (χ2v) is 4.79.